The first-order valence-electron chi connectivity index (χ1n) is 8.66. The largest absolute Gasteiger partial charge is 0.362 e. The van der Waals surface area contributed by atoms with Gasteiger partial charge in [0, 0.05) is 29.9 Å². The van der Waals surface area contributed by atoms with Crippen molar-refractivity contribution in [2.24, 2.45) is 7.05 Å². The Labute approximate surface area is 156 Å². The van der Waals surface area contributed by atoms with Crippen molar-refractivity contribution in [3.8, 4) is 11.4 Å². The summed E-state index contributed by atoms with van der Waals surface area (Å²) in [5.41, 5.74) is 1.70. The molecule has 4 rings (SSSR count). The number of rotatable bonds is 6. The number of hydrogen-bond donors (Lipinski definition) is 1. The highest BCUT2D eigenvalue weighted by Crippen LogP contribution is 2.31. The van der Waals surface area contributed by atoms with Crippen LogP contribution in [0.4, 0.5) is 5.82 Å². The molecule has 0 aliphatic heterocycles. The molecule has 6 nitrogen and oxygen atoms in total. The van der Waals surface area contributed by atoms with Gasteiger partial charge in [0.1, 0.15) is 5.82 Å². The van der Waals surface area contributed by atoms with E-state index < -0.39 is 0 Å². The maximum Gasteiger partial charge on any atom is 0.165 e. The van der Waals surface area contributed by atoms with Crippen molar-refractivity contribution in [3.63, 3.8) is 0 Å². The van der Waals surface area contributed by atoms with Crippen LogP contribution in [0.2, 0.25) is 0 Å². The Bertz CT molecular complexity index is 994. The van der Waals surface area contributed by atoms with Crippen molar-refractivity contribution < 1.29 is 0 Å². The number of hydrogen-bond acceptors (Lipinski definition) is 6. The predicted molar refractivity (Wildman–Crippen MR) is 105 cm³/mol. The number of aromatic nitrogens is 5. The summed E-state index contributed by atoms with van der Waals surface area (Å²) >= 11 is 1.76. The predicted octanol–water partition coefficient (Wildman–Crippen LogP) is 4.44. The number of aryl methyl sites for hydroxylation is 1. The minimum absolute atomic E-state index is 0.222. The summed E-state index contributed by atoms with van der Waals surface area (Å²) in [5, 5.41) is 11.0. The molecule has 0 saturated heterocycles. The normalized spacial score (nSPS) is 12.4. The fourth-order valence-electron chi connectivity index (χ4n) is 2.99. The molecule has 0 fully saturated rings. The minimum atomic E-state index is 0.222. The van der Waals surface area contributed by atoms with Crippen molar-refractivity contribution in [3.05, 3.63) is 53.1 Å². The molecule has 0 aliphatic rings. The minimum Gasteiger partial charge on any atom is -0.362 e. The molecule has 0 saturated carbocycles. The SMILES string of the molecule is CCCC(Nc1nc(-c2cccnc2)nc2c1cnn2C)c1cccs1. The lowest BCUT2D eigenvalue weighted by Crippen LogP contribution is -2.11. The molecular formula is C19H20N6S. The molecule has 1 unspecified atom stereocenters. The van der Waals surface area contributed by atoms with Crippen LogP contribution in [-0.2, 0) is 7.05 Å². The summed E-state index contributed by atoms with van der Waals surface area (Å²) in [6.07, 6.45) is 7.48. The number of thiophene rings is 1. The van der Waals surface area contributed by atoms with Crippen LogP contribution >= 0.6 is 11.3 Å². The van der Waals surface area contributed by atoms with Crippen LogP contribution in [0.15, 0.2) is 48.2 Å². The van der Waals surface area contributed by atoms with Crippen LogP contribution in [0, 0.1) is 0 Å². The first kappa shape index (κ1) is 16.7. The summed E-state index contributed by atoms with van der Waals surface area (Å²) in [4.78, 5) is 15.0. The van der Waals surface area contributed by atoms with Crippen LogP contribution in [0.25, 0.3) is 22.4 Å². The van der Waals surface area contributed by atoms with Crippen molar-refractivity contribution in [2.45, 2.75) is 25.8 Å². The van der Waals surface area contributed by atoms with E-state index in [4.69, 9.17) is 9.97 Å². The van der Waals surface area contributed by atoms with E-state index in [9.17, 15) is 0 Å². The second kappa shape index (κ2) is 7.21. The summed E-state index contributed by atoms with van der Waals surface area (Å²) < 4.78 is 1.78. The van der Waals surface area contributed by atoms with E-state index in [1.807, 2.05) is 25.4 Å². The lowest BCUT2D eigenvalue weighted by molar-refractivity contribution is 0.685. The van der Waals surface area contributed by atoms with Gasteiger partial charge in [-0.25, -0.2) is 9.97 Å². The van der Waals surface area contributed by atoms with Gasteiger partial charge < -0.3 is 5.32 Å². The molecule has 7 heteroatoms. The average Bonchev–Trinajstić information content (AvgIpc) is 3.33. The zero-order chi connectivity index (χ0) is 17.9. The average molecular weight is 364 g/mol. The molecule has 1 atom stereocenters. The van der Waals surface area contributed by atoms with Crippen molar-refractivity contribution in [1.29, 1.82) is 0 Å². The van der Waals surface area contributed by atoms with Crippen LogP contribution in [0.5, 0.6) is 0 Å². The lowest BCUT2D eigenvalue weighted by atomic mass is 10.1. The van der Waals surface area contributed by atoms with Crippen LogP contribution < -0.4 is 5.32 Å². The van der Waals surface area contributed by atoms with Gasteiger partial charge in [-0.1, -0.05) is 19.4 Å². The van der Waals surface area contributed by atoms with Gasteiger partial charge in [-0.2, -0.15) is 5.10 Å². The molecule has 0 aromatic carbocycles. The van der Waals surface area contributed by atoms with Gasteiger partial charge in [-0.15, -0.1) is 11.3 Å². The molecule has 0 spiro atoms. The van der Waals surface area contributed by atoms with Gasteiger partial charge in [0.25, 0.3) is 0 Å². The first-order valence-corrected chi connectivity index (χ1v) is 9.54. The summed E-state index contributed by atoms with van der Waals surface area (Å²) in [6.45, 7) is 2.20. The molecule has 4 aromatic heterocycles. The Morgan fingerprint density at radius 3 is 2.85 bits per heavy atom. The standard InChI is InChI=1S/C19H20N6S/c1-3-6-15(16-8-5-10-26-16)22-18-14-12-21-25(2)19(14)24-17(23-18)13-7-4-9-20-11-13/h4-5,7-12,15H,3,6H2,1-2H3,(H,22,23,24). The summed E-state index contributed by atoms with van der Waals surface area (Å²) in [5.74, 6) is 1.46. The van der Waals surface area contributed by atoms with Gasteiger partial charge in [0.2, 0.25) is 0 Å². The van der Waals surface area contributed by atoms with Crippen molar-refractivity contribution in [1.82, 2.24) is 24.7 Å². The Morgan fingerprint density at radius 2 is 2.12 bits per heavy atom. The van der Waals surface area contributed by atoms with Crippen molar-refractivity contribution in [2.75, 3.05) is 5.32 Å². The maximum atomic E-state index is 4.81. The molecule has 0 radical (unpaired) electrons. The highest BCUT2D eigenvalue weighted by Gasteiger charge is 2.18. The topological polar surface area (TPSA) is 68.5 Å². The molecular weight excluding hydrogens is 344 g/mol. The van der Waals surface area contributed by atoms with E-state index in [1.54, 1.807) is 28.4 Å². The Kier molecular flexibility index (Phi) is 4.62. The van der Waals surface area contributed by atoms with E-state index in [0.29, 0.717) is 5.82 Å². The van der Waals surface area contributed by atoms with Crippen LogP contribution in [0.3, 0.4) is 0 Å². The molecule has 4 aromatic rings. The highest BCUT2D eigenvalue weighted by atomic mass is 32.1. The van der Waals surface area contributed by atoms with E-state index in [2.05, 4.69) is 39.8 Å². The number of nitrogens with zero attached hydrogens (tertiary/aromatic N) is 5. The smallest absolute Gasteiger partial charge is 0.165 e. The van der Waals surface area contributed by atoms with Gasteiger partial charge in [0.05, 0.1) is 17.6 Å². The monoisotopic (exact) mass is 364 g/mol. The Hall–Kier alpha value is -2.80. The first-order chi connectivity index (χ1) is 12.8. The maximum absolute atomic E-state index is 4.81. The molecule has 4 heterocycles. The number of anilines is 1. The van der Waals surface area contributed by atoms with Crippen LogP contribution in [-0.4, -0.2) is 24.7 Å². The number of fused-ring (bicyclic) bond motifs is 1. The fourth-order valence-corrected chi connectivity index (χ4v) is 3.80. The number of pyridine rings is 1. The molecule has 0 bridgehead atoms. The third-order valence-corrected chi connectivity index (χ3v) is 5.27. The zero-order valence-electron chi connectivity index (χ0n) is 14.8. The van der Waals surface area contributed by atoms with Gasteiger partial charge in [-0.3, -0.25) is 9.67 Å². The summed E-state index contributed by atoms with van der Waals surface area (Å²) in [6, 6.07) is 8.34. The molecule has 0 aliphatic carbocycles. The lowest BCUT2D eigenvalue weighted by Gasteiger charge is -2.18. The highest BCUT2D eigenvalue weighted by molar-refractivity contribution is 7.10. The third-order valence-electron chi connectivity index (χ3n) is 4.29. The van der Waals surface area contributed by atoms with Gasteiger partial charge >= 0.3 is 0 Å². The second-order valence-corrected chi connectivity index (χ2v) is 7.12. The quantitative estimate of drug-likeness (QED) is 0.548. The van der Waals surface area contributed by atoms with E-state index in [0.717, 1.165) is 35.3 Å². The number of nitrogens with one attached hydrogen (secondary N) is 1. The molecule has 26 heavy (non-hydrogen) atoms. The van der Waals surface area contributed by atoms with Crippen LogP contribution in [0.1, 0.15) is 30.7 Å². The summed E-state index contributed by atoms with van der Waals surface area (Å²) in [7, 11) is 1.90. The Morgan fingerprint density at radius 1 is 1.19 bits per heavy atom. The molecule has 132 valence electrons. The van der Waals surface area contributed by atoms with Crippen molar-refractivity contribution >= 4 is 28.2 Å². The fraction of sp³-hybridized carbons (Fsp3) is 0.263. The van der Waals surface area contributed by atoms with E-state index in [-0.39, 0.29) is 6.04 Å². The van der Waals surface area contributed by atoms with Gasteiger partial charge in [-0.05, 0) is 30.0 Å². The zero-order valence-corrected chi connectivity index (χ0v) is 15.6. The molecule has 1 N–H and O–H groups in total. The molecule has 0 amide bonds. The Balaban J connectivity index is 1.80. The van der Waals surface area contributed by atoms with Gasteiger partial charge in [0.15, 0.2) is 11.5 Å². The second-order valence-electron chi connectivity index (χ2n) is 6.14. The van der Waals surface area contributed by atoms with E-state index in [1.165, 1.54) is 4.88 Å². The van der Waals surface area contributed by atoms with E-state index >= 15 is 0 Å². The third kappa shape index (κ3) is 3.17.